The second-order valence-corrected chi connectivity index (χ2v) is 9.16. The maximum Gasteiger partial charge on any atom is 0.257 e. The summed E-state index contributed by atoms with van der Waals surface area (Å²) < 4.78 is 11.2. The van der Waals surface area contributed by atoms with Gasteiger partial charge in [0.15, 0.2) is 6.61 Å². The van der Waals surface area contributed by atoms with E-state index in [1.165, 1.54) is 10.4 Å². The maximum atomic E-state index is 12.3. The summed E-state index contributed by atoms with van der Waals surface area (Å²) in [5.74, 6) is 0.634. The van der Waals surface area contributed by atoms with Crippen molar-refractivity contribution in [1.29, 1.82) is 0 Å². The Morgan fingerprint density at radius 3 is 2.48 bits per heavy atom. The summed E-state index contributed by atoms with van der Waals surface area (Å²) in [5.41, 5.74) is 1.34. The van der Waals surface area contributed by atoms with E-state index in [1.54, 1.807) is 11.3 Å². The maximum absolute atomic E-state index is 12.3. The first-order valence-electron chi connectivity index (χ1n) is 9.51. The molecule has 1 saturated heterocycles. The molecule has 1 fully saturated rings. The van der Waals surface area contributed by atoms with Gasteiger partial charge in [0.25, 0.3) is 5.91 Å². The van der Waals surface area contributed by atoms with E-state index < -0.39 is 0 Å². The van der Waals surface area contributed by atoms with E-state index in [1.807, 2.05) is 12.1 Å². The number of carbonyl (C=O) groups is 1. The van der Waals surface area contributed by atoms with Gasteiger partial charge in [-0.3, -0.25) is 4.79 Å². The number of ether oxygens (including phenoxy) is 2. The normalized spacial score (nSPS) is 16.7. The fourth-order valence-corrected chi connectivity index (χ4v) is 4.36. The Morgan fingerprint density at radius 2 is 1.89 bits per heavy atom. The predicted molar refractivity (Wildman–Crippen MR) is 110 cm³/mol. The quantitative estimate of drug-likeness (QED) is 0.804. The zero-order chi connectivity index (χ0) is 19.3. The molecule has 0 radical (unpaired) electrons. The van der Waals surface area contributed by atoms with Gasteiger partial charge in [0.05, 0.1) is 0 Å². The molecule has 1 aromatic carbocycles. The van der Waals surface area contributed by atoms with E-state index in [0.29, 0.717) is 6.54 Å². The fourth-order valence-electron chi connectivity index (χ4n) is 3.37. The highest BCUT2D eigenvalue weighted by atomic mass is 32.1. The Morgan fingerprint density at radius 1 is 1.19 bits per heavy atom. The van der Waals surface area contributed by atoms with Crippen LogP contribution < -0.4 is 10.1 Å². The van der Waals surface area contributed by atoms with Crippen molar-refractivity contribution >= 4 is 17.2 Å². The van der Waals surface area contributed by atoms with Crippen LogP contribution in [0.2, 0.25) is 0 Å². The minimum absolute atomic E-state index is 0.0174. The summed E-state index contributed by atoms with van der Waals surface area (Å²) in [6, 6.07) is 12.2. The number of hydrogen-bond acceptors (Lipinski definition) is 4. The second-order valence-electron chi connectivity index (χ2n) is 8.21. The molecule has 0 aliphatic carbocycles. The lowest BCUT2D eigenvalue weighted by Crippen LogP contribution is -2.45. The lowest BCUT2D eigenvalue weighted by molar-refractivity contribution is -0.123. The second kappa shape index (κ2) is 8.44. The molecule has 1 aliphatic heterocycles. The Labute approximate surface area is 165 Å². The van der Waals surface area contributed by atoms with Gasteiger partial charge in [0.2, 0.25) is 0 Å². The molecule has 146 valence electrons. The third-order valence-corrected chi connectivity index (χ3v) is 6.32. The predicted octanol–water partition coefficient (Wildman–Crippen LogP) is 4.29. The summed E-state index contributed by atoms with van der Waals surface area (Å²) in [5, 5.41) is 5.17. The molecule has 1 N–H and O–H groups in total. The van der Waals surface area contributed by atoms with Gasteiger partial charge in [-0.1, -0.05) is 39.0 Å². The highest BCUT2D eigenvalue weighted by Crippen LogP contribution is 2.37. The minimum atomic E-state index is -0.0858. The van der Waals surface area contributed by atoms with Crippen LogP contribution in [0.25, 0.3) is 0 Å². The number of thiophene rings is 1. The van der Waals surface area contributed by atoms with Gasteiger partial charge in [-0.15, -0.1) is 11.3 Å². The molecule has 1 aliphatic rings. The molecule has 2 aromatic rings. The smallest absolute Gasteiger partial charge is 0.257 e. The third kappa shape index (κ3) is 5.11. The van der Waals surface area contributed by atoms with Crippen LogP contribution in [0.1, 0.15) is 44.1 Å². The van der Waals surface area contributed by atoms with Crippen LogP contribution in [0.5, 0.6) is 5.75 Å². The molecule has 0 atom stereocenters. The molecule has 5 heteroatoms. The van der Waals surface area contributed by atoms with Crippen molar-refractivity contribution < 1.29 is 14.3 Å². The average molecular weight is 388 g/mol. The van der Waals surface area contributed by atoms with E-state index in [2.05, 4.69) is 55.7 Å². The molecule has 27 heavy (non-hydrogen) atoms. The average Bonchev–Trinajstić information content (AvgIpc) is 3.21. The van der Waals surface area contributed by atoms with Gasteiger partial charge in [0, 0.05) is 30.1 Å². The van der Waals surface area contributed by atoms with E-state index in [-0.39, 0.29) is 23.3 Å². The lowest BCUT2D eigenvalue weighted by Gasteiger charge is -2.36. The van der Waals surface area contributed by atoms with Crippen molar-refractivity contribution in [1.82, 2.24) is 5.32 Å². The molecule has 3 rings (SSSR count). The van der Waals surface area contributed by atoms with Crippen molar-refractivity contribution in [2.45, 2.75) is 44.4 Å². The number of hydrogen-bond donors (Lipinski definition) is 1. The van der Waals surface area contributed by atoms with Crippen molar-refractivity contribution in [2.24, 2.45) is 0 Å². The van der Waals surface area contributed by atoms with Crippen LogP contribution in [-0.4, -0.2) is 32.3 Å². The zero-order valence-electron chi connectivity index (χ0n) is 16.4. The van der Waals surface area contributed by atoms with Crippen LogP contribution in [0, 0.1) is 0 Å². The molecule has 2 heterocycles. The highest BCUT2D eigenvalue weighted by molar-refractivity contribution is 7.10. The topological polar surface area (TPSA) is 47.6 Å². The van der Waals surface area contributed by atoms with Crippen LogP contribution in [0.4, 0.5) is 0 Å². The number of amides is 1. The Bertz CT molecular complexity index is 726. The molecule has 0 spiro atoms. The van der Waals surface area contributed by atoms with Crippen LogP contribution in [0.15, 0.2) is 41.8 Å². The molecule has 1 aromatic heterocycles. The summed E-state index contributed by atoms with van der Waals surface area (Å²) in [6.45, 7) is 8.67. The highest BCUT2D eigenvalue weighted by Gasteiger charge is 2.35. The van der Waals surface area contributed by atoms with E-state index in [9.17, 15) is 4.79 Å². The summed E-state index contributed by atoms with van der Waals surface area (Å²) in [7, 11) is 0. The Hall–Kier alpha value is -1.85. The molecule has 0 saturated carbocycles. The summed E-state index contributed by atoms with van der Waals surface area (Å²) in [6.07, 6.45) is 1.87. The van der Waals surface area contributed by atoms with Crippen LogP contribution in [-0.2, 0) is 20.4 Å². The minimum Gasteiger partial charge on any atom is -0.484 e. The van der Waals surface area contributed by atoms with Gasteiger partial charge in [0.1, 0.15) is 5.75 Å². The zero-order valence-corrected chi connectivity index (χ0v) is 17.2. The van der Waals surface area contributed by atoms with Crippen molar-refractivity contribution in [3.63, 3.8) is 0 Å². The van der Waals surface area contributed by atoms with Gasteiger partial charge in [-0.2, -0.15) is 0 Å². The molecular formula is C22H29NO3S. The number of rotatable bonds is 6. The standard InChI is InChI=1S/C22H29NO3S/c1-21(2,3)17-6-8-18(9-7-17)26-15-20(24)23-16-22(10-12-25-13-11-22)19-5-4-14-27-19/h4-9,14H,10-13,15-16H2,1-3H3,(H,23,24). The monoisotopic (exact) mass is 387 g/mol. The Kier molecular flexibility index (Phi) is 6.22. The van der Waals surface area contributed by atoms with Crippen molar-refractivity contribution in [3.05, 3.63) is 52.2 Å². The van der Waals surface area contributed by atoms with Crippen molar-refractivity contribution in [2.75, 3.05) is 26.4 Å². The first-order chi connectivity index (χ1) is 12.9. The molecule has 4 nitrogen and oxygen atoms in total. The number of nitrogens with one attached hydrogen (secondary N) is 1. The lowest BCUT2D eigenvalue weighted by atomic mass is 9.78. The van der Waals surface area contributed by atoms with E-state index in [4.69, 9.17) is 9.47 Å². The third-order valence-electron chi connectivity index (χ3n) is 5.21. The van der Waals surface area contributed by atoms with E-state index >= 15 is 0 Å². The summed E-state index contributed by atoms with van der Waals surface area (Å²) in [4.78, 5) is 13.7. The van der Waals surface area contributed by atoms with Gasteiger partial charge < -0.3 is 14.8 Å². The molecule has 1 amide bonds. The van der Waals surface area contributed by atoms with Crippen LogP contribution in [0.3, 0.4) is 0 Å². The molecular weight excluding hydrogens is 358 g/mol. The Balaban J connectivity index is 1.53. The van der Waals surface area contributed by atoms with Crippen molar-refractivity contribution in [3.8, 4) is 5.75 Å². The van der Waals surface area contributed by atoms with Gasteiger partial charge in [-0.25, -0.2) is 0 Å². The SMILES string of the molecule is CC(C)(C)c1ccc(OCC(=O)NCC2(c3cccs3)CCOCC2)cc1. The first kappa shape index (κ1) is 19.9. The number of benzene rings is 1. The molecule has 0 bridgehead atoms. The van der Waals surface area contributed by atoms with Gasteiger partial charge >= 0.3 is 0 Å². The number of carbonyl (C=O) groups excluding carboxylic acids is 1. The van der Waals surface area contributed by atoms with E-state index in [0.717, 1.165) is 31.8 Å². The fraction of sp³-hybridized carbons (Fsp3) is 0.500. The van der Waals surface area contributed by atoms with Gasteiger partial charge in [-0.05, 0) is 47.4 Å². The molecule has 0 unspecified atom stereocenters. The summed E-state index contributed by atoms with van der Waals surface area (Å²) >= 11 is 1.76. The van der Waals surface area contributed by atoms with Crippen LogP contribution >= 0.6 is 11.3 Å². The first-order valence-corrected chi connectivity index (χ1v) is 10.4. The largest absolute Gasteiger partial charge is 0.484 e.